The van der Waals surface area contributed by atoms with Gasteiger partial charge in [-0.25, -0.2) is 8.42 Å². The molecule has 1 aliphatic rings. The van der Waals surface area contributed by atoms with Crippen molar-refractivity contribution in [3.8, 4) is 5.75 Å². The van der Waals surface area contributed by atoms with Crippen LogP contribution in [0.3, 0.4) is 0 Å². The highest BCUT2D eigenvalue weighted by molar-refractivity contribution is 7.92. The monoisotopic (exact) mass is 354 g/mol. The Morgan fingerprint density at radius 2 is 2.00 bits per heavy atom. The van der Waals surface area contributed by atoms with E-state index in [9.17, 15) is 13.2 Å². The van der Waals surface area contributed by atoms with Gasteiger partial charge >= 0.3 is 0 Å². The van der Waals surface area contributed by atoms with E-state index in [1.807, 2.05) is 6.07 Å². The van der Waals surface area contributed by atoms with Crippen LogP contribution in [0.25, 0.3) is 0 Å². The number of rotatable bonds is 6. The summed E-state index contributed by atoms with van der Waals surface area (Å²) in [6.45, 7) is 5.71. The minimum atomic E-state index is -3.52. The maximum Gasteiger partial charge on any atom is 0.245 e. The van der Waals surface area contributed by atoms with E-state index in [4.69, 9.17) is 4.74 Å². The Labute approximate surface area is 143 Å². The fourth-order valence-electron chi connectivity index (χ4n) is 2.77. The molecular weight excluding hydrogens is 328 g/mol. The van der Waals surface area contributed by atoms with Gasteiger partial charge in [0.05, 0.1) is 6.61 Å². The standard InChI is InChI=1S/C17H26N2O4S/c1-13(2)12-23-15-6-4-5-14(11-15)19-16(20)17(24(3,21)22)7-9-18-10-8-17/h4-6,11,13,18H,7-10,12H2,1-3H3,(H,19,20). The average Bonchev–Trinajstić information content (AvgIpc) is 2.53. The van der Waals surface area contributed by atoms with Crippen LogP contribution in [0.2, 0.25) is 0 Å². The molecule has 134 valence electrons. The van der Waals surface area contributed by atoms with Crippen molar-refractivity contribution in [2.75, 3.05) is 31.3 Å². The third-order valence-electron chi connectivity index (χ3n) is 4.21. The minimum absolute atomic E-state index is 0.279. The van der Waals surface area contributed by atoms with Crippen molar-refractivity contribution in [1.29, 1.82) is 0 Å². The van der Waals surface area contributed by atoms with Crippen molar-refractivity contribution >= 4 is 21.4 Å². The highest BCUT2D eigenvalue weighted by atomic mass is 32.2. The molecule has 1 amide bonds. The van der Waals surface area contributed by atoms with Gasteiger partial charge in [-0.05, 0) is 44.0 Å². The van der Waals surface area contributed by atoms with Crippen LogP contribution < -0.4 is 15.4 Å². The number of sulfone groups is 1. The summed E-state index contributed by atoms with van der Waals surface area (Å²) in [6.07, 6.45) is 1.70. The van der Waals surface area contributed by atoms with E-state index in [0.717, 1.165) is 6.26 Å². The van der Waals surface area contributed by atoms with Crippen molar-refractivity contribution in [2.45, 2.75) is 31.4 Å². The zero-order chi connectivity index (χ0) is 17.8. The van der Waals surface area contributed by atoms with Crippen LogP contribution in [0.1, 0.15) is 26.7 Å². The normalized spacial score (nSPS) is 17.5. The summed E-state index contributed by atoms with van der Waals surface area (Å²) in [4.78, 5) is 12.8. The molecule has 1 fully saturated rings. The molecule has 1 heterocycles. The summed E-state index contributed by atoms with van der Waals surface area (Å²) < 4.78 is 28.8. The molecule has 1 saturated heterocycles. The quantitative estimate of drug-likeness (QED) is 0.814. The van der Waals surface area contributed by atoms with Crippen LogP contribution in [0.4, 0.5) is 5.69 Å². The first-order valence-electron chi connectivity index (χ1n) is 8.19. The van der Waals surface area contributed by atoms with Crippen LogP contribution in [-0.2, 0) is 14.6 Å². The predicted molar refractivity (Wildman–Crippen MR) is 95.1 cm³/mol. The predicted octanol–water partition coefficient (Wildman–Crippen LogP) is 1.83. The van der Waals surface area contributed by atoms with Gasteiger partial charge in [-0.1, -0.05) is 19.9 Å². The zero-order valence-corrected chi connectivity index (χ0v) is 15.3. The maximum absolute atomic E-state index is 12.8. The van der Waals surface area contributed by atoms with Crippen molar-refractivity contribution in [1.82, 2.24) is 5.32 Å². The van der Waals surface area contributed by atoms with E-state index in [1.54, 1.807) is 18.2 Å². The second-order valence-electron chi connectivity index (χ2n) is 6.70. The number of ether oxygens (including phenoxy) is 1. The number of anilines is 1. The molecule has 0 spiro atoms. The van der Waals surface area contributed by atoms with E-state index in [1.165, 1.54) is 0 Å². The summed E-state index contributed by atoms with van der Waals surface area (Å²) >= 11 is 0. The third-order valence-corrected chi connectivity index (χ3v) is 6.22. The number of carbonyl (C=O) groups is 1. The minimum Gasteiger partial charge on any atom is -0.493 e. The molecule has 0 bridgehead atoms. The van der Waals surface area contributed by atoms with E-state index in [-0.39, 0.29) is 12.8 Å². The molecular formula is C17H26N2O4S. The Morgan fingerprint density at radius 1 is 1.33 bits per heavy atom. The number of carbonyl (C=O) groups excluding carboxylic acids is 1. The fraction of sp³-hybridized carbons (Fsp3) is 0.588. The molecule has 0 atom stereocenters. The molecule has 6 nitrogen and oxygen atoms in total. The molecule has 1 aliphatic heterocycles. The summed E-state index contributed by atoms with van der Waals surface area (Å²) in [5.41, 5.74) is 0.544. The van der Waals surface area contributed by atoms with Crippen LogP contribution in [0, 0.1) is 5.92 Å². The second kappa shape index (κ2) is 7.53. The Hall–Kier alpha value is -1.60. The molecule has 2 rings (SSSR count). The van der Waals surface area contributed by atoms with Gasteiger partial charge in [0, 0.05) is 18.0 Å². The number of piperidine rings is 1. The van der Waals surface area contributed by atoms with Crippen LogP contribution in [0.5, 0.6) is 5.75 Å². The summed E-state index contributed by atoms with van der Waals surface area (Å²) in [6, 6.07) is 7.05. The molecule has 7 heteroatoms. The highest BCUT2D eigenvalue weighted by Gasteiger charge is 2.48. The van der Waals surface area contributed by atoms with Crippen LogP contribution in [-0.4, -0.2) is 45.0 Å². The first-order chi connectivity index (χ1) is 11.2. The Kier molecular flexibility index (Phi) is 5.87. The number of hydrogen-bond donors (Lipinski definition) is 2. The molecule has 0 aliphatic carbocycles. The molecule has 0 aromatic heterocycles. The Morgan fingerprint density at radius 3 is 2.58 bits per heavy atom. The summed E-state index contributed by atoms with van der Waals surface area (Å²) in [7, 11) is -3.52. The zero-order valence-electron chi connectivity index (χ0n) is 14.5. The van der Waals surface area contributed by atoms with Gasteiger partial charge in [0.15, 0.2) is 14.6 Å². The number of amides is 1. The summed E-state index contributed by atoms with van der Waals surface area (Å²) in [5, 5.41) is 5.86. The van der Waals surface area contributed by atoms with Gasteiger partial charge in [0.2, 0.25) is 5.91 Å². The molecule has 1 aromatic rings. The number of hydrogen-bond acceptors (Lipinski definition) is 5. The van der Waals surface area contributed by atoms with Crippen LogP contribution >= 0.6 is 0 Å². The fourth-order valence-corrected chi connectivity index (χ4v) is 4.10. The lowest BCUT2D eigenvalue weighted by Crippen LogP contribution is -2.55. The van der Waals surface area contributed by atoms with Gasteiger partial charge < -0.3 is 15.4 Å². The Balaban J connectivity index is 2.17. The SMILES string of the molecule is CC(C)COc1cccc(NC(=O)C2(S(C)(=O)=O)CCNCC2)c1. The molecule has 24 heavy (non-hydrogen) atoms. The van der Waals surface area contributed by atoms with Gasteiger partial charge in [-0.3, -0.25) is 4.79 Å². The number of benzene rings is 1. The average molecular weight is 354 g/mol. The van der Waals surface area contributed by atoms with Gasteiger partial charge in [-0.15, -0.1) is 0 Å². The molecule has 2 N–H and O–H groups in total. The number of nitrogens with one attached hydrogen (secondary N) is 2. The smallest absolute Gasteiger partial charge is 0.245 e. The van der Waals surface area contributed by atoms with E-state index in [2.05, 4.69) is 24.5 Å². The third kappa shape index (κ3) is 4.27. The van der Waals surface area contributed by atoms with Crippen LogP contribution in [0.15, 0.2) is 24.3 Å². The van der Waals surface area contributed by atoms with Crippen molar-refractivity contribution in [3.63, 3.8) is 0 Å². The van der Waals surface area contributed by atoms with Crippen molar-refractivity contribution in [3.05, 3.63) is 24.3 Å². The Bertz CT molecular complexity index is 680. The lowest BCUT2D eigenvalue weighted by Gasteiger charge is -2.34. The van der Waals surface area contributed by atoms with Gasteiger partial charge in [0.1, 0.15) is 5.75 Å². The molecule has 1 aromatic carbocycles. The van der Waals surface area contributed by atoms with E-state index in [0.29, 0.717) is 37.1 Å². The topological polar surface area (TPSA) is 84.5 Å². The van der Waals surface area contributed by atoms with E-state index < -0.39 is 20.5 Å². The molecule has 0 unspecified atom stereocenters. The first-order valence-corrected chi connectivity index (χ1v) is 10.1. The molecule has 0 saturated carbocycles. The van der Waals surface area contributed by atoms with E-state index >= 15 is 0 Å². The van der Waals surface area contributed by atoms with Gasteiger partial charge in [0.25, 0.3) is 0 Å². The maximum atomic E-state index is 12.8. The first kappa shape index (κ1) is 18.7. The van der Waals surface area contributed by atoms with Gasteiger partial charge in [-0.2, -0.15) is 0 Å². The second-order valence-corrected chi connectivity index (χ2v) is 9.03. The van der Waals surface area contributed by atoms with Crippen molar-refractivity contribution in [2.24, 2.45) is 5.92 Å². The summed E-state index contributed by atoms with van der Waals surface area (Å²) in [5.74, 6) is 0.583. The highest BCUT2D eigenvalue weighted by Crippen LogP contribution is 2.30. The van der Waals surface area contributed by atoms with Crippen molar-refractivity contribution < 1.29 is 17.9 Å². The molecule has 0 radical (unpaired) electrons. The lowest BCUT2D eigenvalue weighted by atomic mass is 9.95. The largest absolute Gasteiger partial charge is 0.493 e. The lowest BCUT2D eigenvalue weighted by molar-refractivity contribution is -0.119.